The summed E-state index contributed by atoms with van der Waals surface area (Å²) in [5.41, 5.74) is 6.17. The molecule has 0 aliphatic carbocycles. The average Bonchev–Trinajstić information content (AvgIpc) is 2.30. The smallest absolute Gasteiger partial charge is 0.144 e. The van der Waals surface area contributed by atoms with Crippen molar-refractivity contribution in [2.45, 2.75) is 32.7 Å². The van der Waals surface area contributed by atoms with Gasteiger partial charge in [0.05, 0.1) is 16.9 Å². The number of aromatic nitrogens is 1. The summed E-state index contributed by atoms with van der Waals surface area (Å²) in [5.74, 6) is 0.711. The second-order valence-corrected chi connectivity index (χ2v) is 5.21. The first-order valence-electron chi connectivity index (χ1n) is 6.36. The van der Waals surface area contributed by atoms with Gasteiger partial charge in [0.1, 0.15) is 5.82 Å². The molecular weight excluding hydrogens is 248 g/mol. The molecule has 3 N–H and O–H groups in total. The highest BCUT2D eigenvalue weighted by Crippen LogP contribution is 2.20. The van der Waals surface area contributed by atoms with Crippen LogP contribution in [-0.4, -0.2) is 36.1 Å². The molecule has 0 amide bonds. The van der Waals surface area contributed by atoms with Crippen LogP contribution in [-0.2, 0) is 0 Å². The van der Waals surface area contributed by atoms with E-state index in [2.05, 4.69) is 36.1 Å². The molecule has 0 atom stereocenters. The maximum Gasteiger partial charge on any atom is 0.144 e. The first-order valence-corrected chi connectivity index (χ1v) is 6.73. The first-order chi connectivity index (χ1) is 8.50. The Bertz CT molecular complexity index is 368. The molecular formula is C13H23ClN4. The summed E-state index contributed by atoms with van der Waals surface area (Å²) in [6.45, 7) is 6.40. The Kier molecular flexibility index (Phi) is 6.22. The van der Waals surface area contributed by atoms with Gasteiger partial charge >= 0.3 is 0 Å². The Hall–Kier alpha value is -1.00. The monoisotopic (exact) mass is 270 g/mol. The van der Waals surface area contributed by atoms with Gasteiger partial charge in [-0.15, -0.1) is 0 Å². The van der Waals surface area contributed by atoms with Gasteiger partial charge in [0.15, 0.2) is 0 Å². The van der Waals surface area contributed by atoms with Crippen molar-refractivity contribution in [3.8, 4) is 0 Å². The van der Waals surface area contributed by atoms with Gasteiger partial charge in [-0.2, -0.15) is 0 Å². The Morgan fingerprint density at radius 3 is 2.78 bits per heavy atom. The van der Waals surface area contributed by atoms with Gasteiger partial charge in [0.25, 0.3) is 0 Å². The van der Waals surface area contributed by atoms with Crippen LogP contribution in [0.15, 0.2) is 12.3 Å². The van der Waals surface area contributed by atoms with E-state index in [0.29, 0.717) is 22.6 Å². The fourth-order valence-corrected chi connectivity index (χ4v) is 1.78. The second-order valence-electron chi connectivity index (χ2n) is 4.81. The summed E-state index contributed by atoms with van der Waals surface area (Å²) in [4.78, 5) is 6.50. The molecule has 0 aliphatic rings. The molecule has 5 heteroatoms. The highest BCUT2D eigenvalue weighted by atomic mass is 35.5. The highest BCUT2D eigenvalue weighted by molar-refractivity contribution is 6.33. The largest absolute Gasteiger partial charge is 0.397 e. The molecule has 18 heavy (non-hydrogen) atoms. The van der Waals surface area contributed by atoms with E-state index in [1.807, 2.05) is 0 Å². The number of rotatable bonds is 7. The third kappa shape index (κ3) is 5.10. The van der Waals surface area contributed by atoms with Crippen LogP contribution in [0.2, 0.25) is 5.02 Å². The number of anilines is 2. The Morgan fingerprint density at radius 2 is 2.17 bits per heavy atom. The van der Waals surface area contributed by atoms with Gasteiger partial charge in [-0.05, 0) is 46.3 Å². The zero-order valence-electron chi connectivity index (χ0n) is 11.4. The number of pyridine rings is 1. The standard InChI is InChI=1S/C13H23ClN4/c1-10(2)18(3)7-5-4-6-16-13-12(14)8-11(15)9-17-13/h8-10H,4-7,15H2,1-3H3,(H,16,17). The molecule has 1 aromatic rings. The van der Waals surface area contributed by atoms with Gasteiger partial charge in [0.2, 0.25) is 0 Å². The minimum atomic E-state index is 0.578. The van der Waals surface area contributed by atoms with E-state index >= 15 is 0 Å². The van der Waals surface area contributed by atoms with E-state index in [1.165, 1.54) is 0 Å². The summed E-state index contributed by atoms with van der Waals surface area (Å²) < 4.78 is 0. The maximum absolute atomic E-state index is 6.02. The molecule has 1 heterocycles. The fraction of sp³-hybridized carbons (Fsp3) is 0.615. The predicted octanol–water partition coefficient (Wildman–Crippen LogP) is 2.85. The van der Waals surface area contributed by atoms with Crippen molar-refractivity contribution in [3.63, 3.8) is 0 Å². The van der Waals surface area contributed by atoms with Crippen LogP contribution in [0.4, 0.5) is 11.5 Å². The van der Waals surface area contributed by atoms with Crippen LogP contribution in [0.5, 0.6) is 0 Å². The molecule has 1 aromatic heterocycles. The maximum atomic E-state index is 6.02. The third-order valence-electron chi connectivity index (χ3n) is 2.97. The quantitative estimate of drug-likeness (QED) is 0.748. The second kappa shape index (κ2) is 7.44. The number of nitrogens with one attached hydrogen (secondary N) is 1. The number of hydrogen-bond acceptors (Lipinski definition) is 4. The molecule has 0 aliphatic heterocycles. The molecule has 102 valence electrons. The molecule has 0 radical (unpaired) electrons. The Balaban J connectivity index is 2.22. The summed E-state index contributed by atoms with van der Waals surface area (Å²) >= 11 is 6.02. The van der Waals surface area contributed by atoms with Crippen molar-refractivity contribution in [2.75, 3.05) is 31.2 Å². The van der Waals surface area contributed by atoms with Crippen molar-refractivity contribution in [1.82, 2.24) is 9.88 Å². The normalized spacial score (nSPS) is 11.2. The van der Waals surface area contributed by atoms with E-state index in [1.54, 1.807) is 12.3 Å². The number of nitrogen functional groups attached to an aromatic ring is 1. The number of unbranched alkanes of at least 4 members (excludes halogenated alkanes) is 1. The molecule has 0 saturated carbocycles. The molecule has 0 bridgehead atoms. The van der Waals surface area contributed by atoms with Gasteiger partial charge in [-0.25, -0.2) is 4.98 Å². The van der Waals surface area contributed by atoms with E-state index in [-0.39, 0.29) is 0 Å². The number of nitrogens with zero attached hydrogens (tertiary/aromatic N) is 2. The average molecular weight is 271 g/mol. The summed E-state index contributed by atoms with van der Waals surface area (Å²) in [6.07, 6.45) is 3.87. The van der Waals surface area contributed by atoms with E-state index in [9.17, 15) is 0 Å². The van der Waals surface area contributed by atoms with Gasteiger partial charge in [-0.3, -0.25) is 0 Å². The van der Waals surface area contributed by atoms with Crippen molar-refractivity contribution in [3.05, 3.63) is 17.3 Å². The molecule has 0 fully saturated rings. The van der Waals surface area contributed by atoms with E-state index in [4.69, 9.17) is 17.3 Å². The lowest BCUT2D eigenvalue weighted by molar-refractivity contribution is 0.269. The minimum Gasteiger partial charge on any atom is -0.397 e. The predicted molar refractivity (Wildman–Crippen MR) is 79.1 cm³/mol. The van der Waals surface area contributed by atoms with Crippen LogP contribution in [0.3, 0.4) is 0 Å². The Labute approximate surface area is 115 Å². The lowest BCUT2D eigenvalue weighted by atomic mass is 10.2. The van der Waals surface area contributed by atoms with Gasteiger partial charge < -0.3 is 16.0 Å². The van der Waals surface area contributed by atoms with E-state index in [0.717, 1.165) is 25.9 Å². The van der Waals surface area contributed by atoms with Crippen molar-refractivity contribution in [2.24, 2.45) is 0 Å². The molecule has 0 aromatic carbocycles. The van der Waals surface area contributed by atoms with Crippen molar-refractivity contribution in [1.29, 1.82) is 0 Å². The topological polar surface area (TPSA) is 54.2 Å². The van der Waals surface area contributed by atoms with Crippen LogP contribution in [0.25, 0.3) is 0 Å². The number of halogens is 1. The molecule has 0 spiro atoms. The molecule has 4 nitrogen and oxygen atoms in total. The first kappa shape index (κ1) is 15.1. The number of nitrogens with two attached hydrogens (primary N) is 1. The molecule has 0 unspecified atom stereocenters. The Morgan fingerprint density at radius 1 is 1.44 bits per heavy atom. The molecule has 0 saturated heterocycles. The highest BCUT2D eigenvalue weighted by Gasteiger charge is 2.03. The lowest BCUT2D eigenvalue weighted by Gasteiger charge is -2.20. The van der Waals surface area contributed by atoms with Gasteiger partial charge in [-0.1, -0.05) is 11.6 Å². The van der Waals surface area contributed by atoms with Crippen LogP contribution < -0.4 is 11.1 Å². The third-order valence-corrected chi connectivity index (χ3v) is 3.26. The zero-order valence-corrected chi connectivity index (χ0v) is 12.2. The summed E-state index contributed by atoms with van der Waals surface area (Å²) in [5, 5.41) is 3.80. The summed E-state index contributed by atoms with van der Waals surface area (Å²) in [7, 11) is 2.15. The van der Waals surface area contributed by atoms with Crippen molar-refractivity contribution >= 4 is 23.1 Å². The summed E-state index contributed by atoms with van der Waals surface area (Å²) in [6, 6.07) is 2.31. The lowest BCUT2D eigenvalue weighted by Crippen LogP contribution is -2.27. The van der Waals surface area contributed by atoms with Gasteiger partial charge in [0, 0.05) is 12.6 Å². The fourth-order valence-electron chi connectivity index (χ4n) is 1.53. The molecule has 1 rings (SSSR count). The van der Waals surface area contributed by atoms with E-state index < -0.39 is 0 Å². The minimum absolute atomic E-state index is 0.578. The van der Waals surface area contributed by atoms with Crippen LogP contribution in [0.1, 0.15) is 26.7 Å². The number of hydrogen-bond donors (Lipinski definition) is 2. The van der Waals surface area contributed by atoms with Crippen LogP contribution >= 0.6 is 11.6 Å². The zero-order chi connectivity index (χ0) is 13.5. The SMILES string of the molecule is CC(C)N(C)CCCCNc1ncc(N)cc1Cl. The van der Waals surface area contributed by atoms with Crippen LogP contribution in [0, 0.1) is 0 Å². The van der Waals surface area contributed by atoms with Crippen molar-refractivity contribution < 1.29 is 0 Å².